The van der Waals surface area contributed by atoms with E-state index in [0.29, 0.717) is 35.8 Å². The maximum absolute atomic E-state index is 13.6. The molecule has 1 fully saturated rings. The van der Waals surface area contributed by atoms with Gasteiger partial charge in [-0.2, -0.15) is 0 Å². The first-order valence-corrected chi connectivity index (χ1v) is 9.75. The van der Waals surface area contributed by atoms with Gasteiger partial charge in [-0.3, -0.25) is 9.78 Å². The normalized spacial score (nSPS) is 21.4. The highest BCUT2D eigenvalue weighted by molar-refractivity contribution is 5.96. The molecule has 5 rings (SSSR count). The largest absolute Gasteiger partial charge is 0.448 e. The number of carbonyl (C=O) groups excluding carboxylic acids is 1. The van der Waals surface area contributed by atoms with E-state index in [1.165, 1.54) is 24.5 Å². The number of hydrogen-bond acceptors (Lipinski definition) is 4. The number of aromatic nitrogens is 2. The zero-order chi connectivity index (χ0) is 20.0. The quantitative estimate of drug-likeness (QED) is 0.647. The monoisotopic (exact) mass is 395 g/mol. The van der Waals surface area contributed by atoms with Crippen LogP contribution in [0.25, 0.3) is 11.4 Å². The number of hydrogen-bond donors (Lipinski definition) is 0. The molecule has 7 heteroatoms. The Hall–Kier alpha value is -3.09. The molecular formula is C22H19F2N3O2. The Morgan fingerprint density at radius 3 is 2.72 bits per heavy atom. The van der Waals surface area contributed by atoms with Crippen LogP contribution in [0.2, 0.25) is 0 Å². The van der Waals surface area contributed by atoms with Crippen molar-refractivity contribution < 1.29 is 18.0 Å². The van der Waals surface area contributed by atoms with Crippen molar-refractivity contribution in [1.29, 1.82) is 0 Å². The molecule has 1 amide bonds. The Morgan fingerprint density at radius 2 is 1.90 bits per heavy atom. The molecule has 1 saturated heterocycles. The highest BCUT2D eigenvalue weighted by Crippen LogP contribution is 2.35. The Kier molecular flexibility index (Phi) is 4.38. The number of carbonyl (C=O) groups is 1. The van der Waals surface area contributed by atoms with Crippen LogP contribution < -0.4 is 0 Å². The van der Waals surface area contributed by atoms with E-state index in [0.717, 1.165) is 31.0 Å². The molecule has 0 spiro atoms. The number of benzene rings is 1. The summed E-state index contributed by atoms with van der Waals surface area (Å²) < 4.78 is 32.4. The second-order valence-corrected chi connectivity index (χ2v) is 7.66. The summed E-state index contributed by atoms with van der Waals surface area (Å²) in [6.07, 6.45) is 5.89. The molecule has 0 N–H and O–H groups in total. The number of rotatable bonds is 2. The van der Waals surface area contributed by atoms with Crippen LogP contribution in [-0.2, 0) is 6.42 Å². The second-order valence-electron chi connectivity index (χ2n) is 7.66. The van der Waals surface area contributed by atoms with Gasteiger partial charge in [0.05, 0.1) is 17.8 Å². The lowest BCUT2D eigenvalue weighted by molar-refractivity contribution is 0.0574. The molecule has 0 aliphatic carbocycles. The SMILES string of the molecule is O=C1c2ccc(F)cc2CC[C@@H]2CCC(c3nc(-c4ccc(F)cn4)co3)CN12. The number of halogens is 2. The summed E-state index contributed by atoms with van der Waals surface area (Å²) in [6, 6.07) is 7.43. The zero-order valence-corrected chi connectivity index (χ0v) is 15.6. The lowest BCUT2D eigenvalue weighted by Crippen LogP contribution is -2.45. The van der Waals surface area contributed by atoms with Gasteiger partial charge < -0.3 is 9.32 Å². The van der Waals surface area contributed by atoms with Gasteiger partial charge >= 0.3 is 0 Å². The lowest BCUT2D eigenvalue weighted by Gasteiger charge is -2.37. The molecule has 2 atom stereocenters. The van der Waals surface area contributed by atoms with E-state index < -0.39 is 5.82 Å². The van der Waals surface area contributed by atoms with Crippen molar-refractivity contribution in [3.05, 3.63) is 71.4 Å². The first kappa shape index (κ1) is 18.0. The van der Waals surface area contributed by atoms with Gasteiger partial charge in [0.1, 0.15) is 23.6 Å². The van der Waals surface area contributed by atoms with Crippen molar-refractivity contribution in [3.8, 4) is 11.4 Å². The molecular weight excluding hydrogens is 376 g/mol. The van der Waals surface area contributed by atoms with E-state index >= 15 is 0 Å². The molecule has 3 aromatic rings. The average Bonchev–Trinajstić information content (AvgIpc) is 3.18. The highest BCUT2D eigenvalue weighted by atomic mass is 19.1. The van der Waals surface area contributed by atoms with Crippen molar-refractivity contribution in [2.75, 3.05) is 6.54 Å². The van der Waals surface area contributed by atoms with Gasteiger partial charge in [-0.05, 0) is 61.6 Å². The summed E-state index contributed by atoms with van der Waals surface area (Å²) in [6.45, 7) is 0.511. The number of oxazole rings is 1. The first-order valence-electron chi connectivity index (χ1n) is 9.75. The maximum Gasteiger partial charge on any atom is 0.254 e. The third-order valence-electron chi connectivity index (χ3n) is 5.87. The number of fused-ring (bicyclic) bond motifs is 2. The van der Waals surface area contributed by atoms with Crippen LogP contribution in [0, 0.1) is 11.6 Å². The number of amides is 1. The molecule has 2 aliphatic rings. The fourth-order valence-corrected chi connectivity index (χ4v) is 4.35. The fraction of sp³-hybridized carbons (Fsp3) is 0.318. The molecule has 0 radical (unpaired) electrons. The number of nitrogens with zero attached hydrogens (tertiary/aromatic N) is 3. The van der Waals surface area contributed by atoms with Crippen LogP contribution in [0.4, 0.5) is 8.78 Å². The lowest BCUT2D eigenvalue weighted by atomic mass is 9.90. The summed E-state index contributed by atoms with van der Waals surface area (Å²) in [7, 11) is 0. The molecule has 5 nitrogen and oxygen atoms in total. The fourth-order valence-electron chi connectivity index (χ4n) is 4.35. The van der Waals surface area contributed by atoms with E-state index in [9.17, 15) is 13.6 Å². The van der Waals surface area contributed by atoms with Gasteiger partial charge in [0.2, 0.25) is 0 Å². The van der Waals surface area contributed by atoms with E-state index in [1.54, 1.807) is 12.1 Å². The predicted molar refractivity (Wildman–Crippen MR) is 101 cm³/mol. The van der Waals surface area contributed by atoms with E-state index in [-0.39, 0.29) is 23.7 Å². The smallest absolute Gasteiger partial charge is 0.254 e. The van der Waals surface area contributed by atoms with Crippen LogP contribution >= 0.6 is 0 Å². The van der Waals surface area contributed by atoms with Crippen LogP contribution in [-0.4, -0.2) is 33.4 Å². The van der Waals surface area contributed by atoms with Gasteiger partial charge in [-0.15, -0.1) is 0 Å². The van der Waals surface area contributed by atoms with Crippen molar-refractivity contribution in [2.24, 2.45) is 0 Å². The highest BCUT2D eigenvalue weighted by Gasteiger charge is 2.37. The van der Waals surface area contributed by atoms with Crippen LogP contribution in [0.1, 0.15) is 47.0 Å². The molecule has 2 aromatic heterocycles. The molecule has 0 bridgehead atoms. The Labute approximate surface area is 166 Å². The van der Waals surface area contributed by atoms with Crippen molar-refractivity contribution >= 4 is 5.91 Å². The summed E-state index contributed by atoms with van der Waals surface area (Å²) >= 11 is 0. The van der Waals surface area contributed by atoms with Gasteiger partial charge in [-0.1, -0.05) is 0 Å². The number of pyridine rings is 1. The summed E-state index contributed by atoms with van der Waals surface area (Å²) in [5.41, 5.74) is 2.45. The standard InChI is InChI=1S/C22H19F2N3O2/c23-15-3-7-18-13(9-15)1-5-17-6-2-14(11-27(17)22(18)28)21-26-20(12-29-21)19-8-4-16(24)10-25-19/h3-4,7-10,12,14,17H,1-2,5-6,11H2/t14?,17-/m1/s1. The van der Waals surface area contributed by atoms with Crippen LogP contribution in [0.3, 0.4) is 0 Å². The minimum Gasteiger partial charge on any atom is -0.448 e. The molecule has 148 valence electrons. The number of piperidine rings is 1. The molecule has 29 heavy (non-hydrogen) atoms. The minimum atomic E-state index is -0.407. The molecule has 0 saturated carbocycles. The summed E-state index contributed by atoms with van der Waals surface area (Å²) in [4.78, 5) is 23.6. The van der Waals surface area contributed by atoms with E-state index in [2.05, 4.69) is 9.97 Å². The Balaban J connectivity index is 1.39. The molecule has 1 unspecified atom stereocenters. The summed E-state index contributed by atoms with van der Waals surface area (Å²) in [5.74, 6) is -0.238. The maximum atomic E-state index is 13.6. The summed E-state index contributed by atoms with van der Waals surface area (Å²) in [5, 5.41) is 0. The molecule has 2 aliphatic heterocycles. The first-order chi connectivity index (χ1) is 14.1. The predicted octanol–water partition coefficient (Wildman–Crippen LogP) is 4.35. The van der Waals surface area contributed by atoms with Crippen LogP contribution in [0.15, 0.2) is 47.2 Å². The van der Waals surface area contributed by atoms with Gasteiger partial charge in [0.25, 0.3) is 5.91 Å². The second kappa shape index (κ2) is 7.06. The third kappa shape index (κ3) is 3.30. The van der Waals surface area contributed by atoms with Gasteiger partial charge in [0.15, 0.2) is 5.89 Å². The molecule has 1 aromatic carbocycles. The zero-order valence-electron chi connectivity index (χ0n) is 15.6. The molecule has 4 heterocycles. The van der Waals surface area contributed by atoms with Gasteiger partial charge in [0, 0.05) is 18.2 Å². The number of aryl methyl sites for hydroxylation is 1. The minimum absolute atomic E-state index is 0.0219. The Morgan fingerprint density at radius 1 is 1.03 bits per heavy atom. The van der Waals surface area contributed by atoms with E-state index in [4.69, 9.17) is 4.42 Å². The average molecular weight is 395 g/mol. The third-order valence-corrected chi connectivity index (χ3v) is 5.87. The van der Waals surface area contributed by atoms with Crippen molar-refractivity contribution in [1.82, 2.24) is 14.9 Å². The van der Waals surface area contributed by atoms with Crippen molar-refractivity contribution in [3.63, 3.8) is 0 Å². The topological polar surface area (TPSA) is 59.2 Å². The van der Waals surface area contributed by atoms with Crippen molar-refractivity contribution in [2.45, 2.75) is 37.6 Å². The van der Waals surface area contributed by atoms with Gasteiger partial charge in [-0.25, -0.2) is 13.8 Å². The van der Waals surface area contributed by atoms with E-state index in [1.807, 2.05) is 4.90 Å². The van der Waals surface area contributed by atoms with Crippen LogP contribution in [0.5, 0.6) is 0 Å². The Bertz CT molecular complexity index is 1060.